The quantitative estimate of drug-likeness (QED) is 0.562. The van der Waals surface area contributed by atoms with Gasteiger partial charge in [0.1, 0.15) is 11.8 Å². The molecule has 0 saturated carbocycles. The molecular formula is C21H21Cl2N3O4S. The average Bonchev–Trinajstić information content (AvgIpc) is 3.22. The first-order valence-corrected chi connectivity index (χ1v) is 11.1. The second kappa shape index (κ2) is 9.08. The molecule has 1 aromatic heterocycles. The van der Waals surface area contributed by atoms with E-state index in [1.54, 1.807) is 37.6 Å². The molecule has 31 heavy (non-hydrogen) atoms. The maximum Gasteiger partial charge on any atom is 0.336 e. The molecule has 1 aromatic carbocycles. The van der Waals surface area contributed by atoms with Crippen molar-refractivity contribution >= 4 is 52.6 Å². The standard InChI is InChI=1S/C21H21Cl2N3O4S/c1-11(2)30-26-13(4)17(20(28)29)21(12(3)10-27,15-6-5-14(22)9-16(15)23)25-18(26)19-24-7-8-31-19/h5-12H,1-4H3,(H,28,29)/t12-,21-/m0/s1. The van der Waals surface area contributed by atoms with E-state index in [-0.39, 0.29) is 22.4 Å². The number of carboxylic acid groups (broad SMARTS) is 1. The molecule has 0 amide bonds. The fourth-order valence-corrected chi connectivity index (χ4v) is 4.76. The first-order chi connectivity index (χ1) is 14.6. The number of benzene rings is 1. The van der Waals surface area contributed by atoms with Crippen LogP contribution in [0.15, 0.2) is 46.0 Å². The molecule has 10 heteroatoms. The van der Waals surface area contributed by atoms with E-state index in [4.69, 9.17) is 33.0 Å². The molecule has 0 unspecified atom stereocenters. The molecule has 0 fully saturated rings. The highest BCUT2D eigenvalue weighted by Crippen LogP contribution is 2.48. The van der Waals surface area contributed by atoms with Gasteiger partial charge in [-0.15, -0.1) is 11.3 Å². The molecule has 164 valence electrons. The normalized spacial score (nSPS) is 20.1. The topological polar surface area (TPSA) is 92.1 Å². The van der Waals surface area contributed by atoms with Crippen LogP contribution in [0.4, 0.5) is 0 Å². The molecule has 1 aliphatic heterocycles. The molecule has 0 spiro atoms. The molecular weight excluding hydrogens is 461 g/mol. The fraction of sp³-hybridized carbons (Fsp3) is 0.333. The van der Waals surface area contributed by atoms with Crippen LogP contribution in [0.1, 0.15) is 38.3 Å². The van der Waals surface area contributed by atoms with Crippen LogP contribution in [0.3, 0.4) is 0 Å². The van der Waals surface area contributed by atoms with Gasteiger partial charge >= 0.3 is 5.97 Å². The molecule has 3 rings (SSSR count). The van der Waals surface area contributed by atoms with Crippen LogP contribution in [0.5, 0.6) is 0 Å². The summed E-state index contributed by atoms with van der Waals surface area (Å²) in [6, 6.07) is 4.69. The maximum atomic E-state index is 12.6. The van der Waals surface area contributed by atoms with Crippen molar-refractivity contribution in [3.05, 3.63) is 61.7 Å². The van der Waals surface area contributed by atoms with Gasteiger partial charge < -0.3 is 9.90 Å². The lowest BCUT2D eigenvalue weighted by Gasteiger charge is -2.42. The molecule has 1 aliphatic rings. The Morgan fingerprint density at radius 2 is 2.03 bits per heavy atom. The predicted octanol–water partition coefficient (Wildman–Crippen LogP) is 4.94. The number of aromatic nitrogens is 1. The second-order valence-electron chi connectivity index (χ2n) is 7.30. The number of allylic oxidation sites excluding steroid dienone is 1. The Morgan fingerprint density at radius 3 is 2.55 bits per heavy atom. The van der Waals surface area contributed by atoms with Crippen molar-refractivity contribution in [1.82, 2.24) is 10.0 Å². The molecule has 2 aromatic rings. The number of aliphatic carboxylic acids is 1. The number of aliphatic imine (C=N–C) groups is 1. The number of halogens is 2. The molecule has 2 atom stereocenters. The van der Waals surface area contributed by atoms with E-state index in [0.29, 0.717) is 27.7 Å². The van der Waals surface area contributed by atoms with Crippen molar-refractivity contribution in [2.75, 3.05) is 0 Å². The number of aldehydes is 1. The minimum absolute atomic E-state index is 0.114. The minimum atomic E-state index is -1.61. The molecule has 1 N–H and O–H groups in total. The van der Waals surface area contributed by atoms with Crippen LogP contribution in [0, 0.1) is 5.92 Å². The highest BCUT2D eigenvalue weighted by Gasteiger charge is 2.51. The summed E-state index contributed by atoms with van der Waals surface area (Å²) >= 11 is 13.9. The van der Waals surface area contributed by atoms with Crippen LogP contribution in [0.2, 0.25) is 10.0 Å². The SMILES string of the molecule is CC1=C(C(=O)O)[C@@](c2ccc(Cl)cc2Cl)([C@@H](C)C=O)N=C(c2nccs2)N1OC(C)C. The number of nitrogens with zero attached hydrogens (tertiary/aromatic N) is 3. The maximum absolute atomic E-state index is 12.6. The van der Waals surface area contributed by atoms with E-state index in [9.17, 15) is 14.7 Å². The van der Waals surface area contributed by atoms with Crippen molar-refractivity contribution in [3.63, 3.8) is 0 Å². The van der Waals surface area contributed by atoms with Gasteiger partial charge in [-0.25, -0.2) is 19.8 Å². The van der Waals surface area contributed by atoms with Crippen molar-refractivity contribution in [2.45, 2.75) is 39.3 Å². The smallest absolute Gasteiger partial charge is 0.336 e. The third-order valence-electron chi connectivity index (χ3n) is 4.88. The summed E-state index contributed by atoms with van der Waals surface area (Å²) in [4.78, 5) is 39.7. The number of carbonyl (C=O) groups is 2. The van der Waals surface area contributed by atoms with Gasteiger partial charge in [-0.05, 0) is 32.9 Å². The van der Waals surface area contributed by atoms with Crippen molar-refractivity contribution in [2.24, 2.45) is 10.9 Å². The summed E-state index contributed by atoms with van der Waals surface area (Å²) in [7, 11) is 0. The number of hydrogen-bond donors (Lipinski definition) is 1. The zero-order valence-corrected chi connectivity index (χ0v) is 19.6. The van der Waals surface area contributed by atoms with Gasteiger partial charge in [0, 0.05) is 33.1 Å². The van der Waals surface area contributed by atoms with E-state index < -0.39 is 17.4 Å². The first-order valence-electron chi connectivity index (χ1n) is 9.45. The predicted molar refractivity (Wildman–Crippen MR) is 120 cm³/mol. The van der Waals surface area contributed by atoms with Crippen LogP contribution in [-0.2, 0) is 20.0 Å². The number of hydrogen-bond acceptors (Lipinski definition) is 7. The Hall–Kier alpha value is -2.26. The molecule has 0 radical (unpaired) electrons. The van der Waals surface area contributed by atoms with Crippen molar-refractivity contribution < 1.29 is 19.5 Å². The van der Waals surface area contributed by atoms with Gasteiger partial charge in [0.15, 0.2) is 10.8 Å². The molecule has 0 aliphatic carbocycles. The van der Waals surface area contributed by atoms with Gasteiger partial charge in [0.05, 0.1) is 17.4 Å². The summed E-state index contributed by atoms with van der Waals surface area (Å²) in [5.74, 6) is -1.81. The average molecular weight is 482 g/mol. The highest BCUT2D eigenvalue weighted by molar-refractivity contribution is 7.11. The van der Waals surface area contributed by atoms with Gasteiger partial charge in [-0.3, -0.25) is 4.84 Å². The summed E-state index contributed by atoms with van der Waals surface area (Å²) in [6.07, 6.45) is 2.01. The molecule has 0 bridgehead atoms. The third-order valence-corrected chi connectivity index (χ3v) is 6.20. The summed E-state index contributed by atoms with van der Waals surface area (Å²) in [5.41, 5.74) is -1.09. The van der Waals surface area contributed by atoms with Crippen molar-refractivity contribution in [3.8, 4) is 0 Å². The summed E-state index contributed by atoms with van der Waals surface area (Å²) in [6.45, 7) is 6.86. The van der Waals surface area contributed by atoms with E-state index in [0.717, 1.165) is 0 Å². The second-order valence-corrected chi connectivity index (χ2v) is 9.04. The van der Waals surface area contributed by atoms with E-state index >= 15 is 0 Å². The number of amidine groups is 1. The van der Waals surface area contributed by atoms with Gasteiger partial charge in [0.2, 0.25) is 0 Å². The number of carbonyl (C=O) groups excluding carboxylic acids is 1. The number of rotatable bonds is 7. The first kappa shape index (κ1) is 23.4. The summed E-state index contributed by atoms with van der Waals surface area (Å²) < 4.78 is 0. The Balaban J connectivity index is 2.44. The zero-order valence-electron chi connectivity index (χ0n) is 17.3. The van der Waals surface area contributed by atoms with Crippen LogP contribution in [0.25, 0.3) is 0 Å². The summed E-state index contributed by atoms with van der Waals surface area (Å²) in [5, 5.41) is 14.5. The Kier molecular flexibility index (Phi) is 6.85. The molecule has 0 saturated heterocycles. The van der Waals surface area contributed by atoms with Crippen LogP contribution >= 0.6 is 34.5 Å². The van der Waals surface area contributed by atoms with E-state index in [2.05, 4.69) is 4.98 Å². The molecule has 2 heterocycles. The number of hydroxylamine groups is 2. The lowest BCUT2D eigenvalue weighted by atomic mass is 9.72. The van der Waals surface area contributed by atoms with E-state index in [1.807, 2.05) is 13.8 Å². The lowest BCUT2D eigenvalue weighted by Crippen LogP contribution is -2.48. The van der Waals surface area contributed by atoms with E-state index in [1.165, 1.54) is 22.5 Å². The fourth-order valence-electron chi connectivity index (χ4n) is 3.60. The van der Waals surface area contributed by atoms with Gasteiger partial charge in [0.25, 0.3) is 0 Å². The van der Waals surface area contributed by atoms with Crippen molar-refractivity contribution in [1.29, 1.82) is 0 Å². The molecule has 7 nitrogen and oxygen atoms in total. The zero-order chi connectivity index (χ0) is 22.9. The minimum Gasteiger partial charge on any atom is -0.478 e. The number of carboxylic acids is 1. The lowest BCUT2D eigenvalue weighted by molar-refractivity contribution is -0.137. The van der Waals surface area contributed by atoms with Gasteiger partial charge in [-0.1, -0.05) is 36.2 Å². The van der Waals surface area contributed by atoms with Crippen LogP contribution in [-0.4, -0.2) is 39.3 Å². The highest BCUT2D eigenvalue weighted by atomic mass is 35.5. The number of thiazole rings is 1. The Labute approximate surface area is 193 Å². The third kappa shape index (κ3) is 4.13. The Bertz CT molecular complexity index is 1070. The Morgan fingerprint density at radius 1 is 1.32 bits per heavy atom. The monoisotopic (exact) mass is 481 g/mol. The van der Waals surface area contributed by atoms with Gasteiger partial charge in [-0.2, -0.15) is 0 Å². The largest absolute Gasteiger partial charge is 0.478 e. The van der Waals surface area contributed by atoms with Crippen LogP contribution < -0.4 is 0 Å².